The van der Waals surface area contributed by atoms with Crippen molar-refractivity contribution in [1.29, 1.82) is 0 Å². The summed E-state index contributed by atoms with van der Waals surface area (Å²) in [5.74, 6) is -0.327. The molecule has 0 saturated carbocycles. The Bertz CT molecular complexity index is 887. The van der Waals surface area contributed by atoms with Gasteiger partial charge in [-0.3, -0.25) is 4.79 Å². The molecule has 0 radical (unpaired) electrons. The highest BCUT2D eigenvalue weighted by Gasteiger charge is 2.21. The molecule has 21 heavy (non-hydrogen) atoms. The van der Waals surface area contributed by atoms with E-state index in [9.17, 15) is 14.7 Å². The van der Waals surface area contributed by atoms with Crippen LogP contribution in [-0.4, -0.2) is 41.0 Å². The predicted octanol–water partition coefficient (Wildman–Crippen LogP) is 0.385. The lowest BCUT2D eigenvalue weighted by Crippen LogP contribution is -2.30. The first kappa shape index (κ1) is 13.6. The van der Waals surface area contributed by atoms with Gasteiger partial charge in [0.1, 0.15) is 12.4 Å². The highest BCUT2D eigenvalue weighted by Crippen LogP contribution is 2.14. The Morgan fingerprint density at radius 1 is 1.43 bits per heavy atom. The van der Waals surface area contributed by atoms with E-state index in [-0.39, 0.29) is 6.42 Å². The van der Waals surface area contributed by atoms with Crippen LogP contribution in [0.1, 0.15) is 12.5 Å². The van der Waals surface area contributed by atoms with Crippen molar-refractivity contribution in [2.24, 2.45) is 0 Å². The van der Waals surface area contributed by atoms with Crippen molar-refractivity contribution in [3.8, 4) is 0 Å². The number of carbonyl (C=O) groups is 1. The summed E-state index contributed by atoms with van der Waals surface area (Å²) in [6, 6.07) is 0.681. The van der Waals surface area contributed by atoms with E-state index >= 15 is 0 Å². The SMILES string of the molecule is O=C(O)C(CCS)n1ccc2c(cnc3ncnn32)c1=O. The average molecular weight is 305 g/mol. The van der Waals surface area contributed by atoms with Crippen LogP contribution in [0.3, 0.4) is 0 Å². The van der Waals surface area contributed by atoms with Gasteiger partial charge in [0.05, 0.1) is 10.9 Å². The van der Waals surface area contributed by atoms with Crippen LogP contribution >= 0.6 is 12.6 Å². The fourth-order valence-electron chi connectivity index (χ4n) is 2.23. The molecule has 108 valence electrons. The summed E-state index contributed by atoms with van der Waals surface area (Å²) in [5.41, 5.74) is 0.111. The summed E-state index contributed by atoms with van der Waals surface area (Å²) >= 11 is 4.04. The minimum atomic E-state index is -1.07. The van der Waals surface area contributed by atoms with Gasteiger partial charge in [-0.25, -0.2) is 9.78 Å². The quantitative estimate of drug-likeness (QED) is 0.676. The highest BCUT2D eigenvalue weighted by molar-refractivity contribution is 7.80. The van der Waals surface area contributed by atoms with Crippen molar-refractivity contribution >= 4 is 35.3 Å². The molecule has 0 saturated heterocycles. The zero-order chi connectivity index (χ0) is 15.0. The standard InChI is InChI=1S/C12H11N5O3S/c18-10-7-5-13-12-14-6-15-17(12)8(7)1-3-16(10)9(2-4-21)11(19)20/h1,3,5-6,9,21H,2,4H2,(H,19,20). The lowest BCUT2D eigenvalue weighted by atomic mass is 10.2. The monoisotopic (exact) mass is 305 g/mol. The lowest BCUT2D eigenvalue weighted by molar-refractivity contribution is -0.141. The Morgan fingerprint density at radius 3 is 2.95 bits per heavy atom. The number of fused-ring (bicyclic) bond motifs is 3. The minimum absolute atomic E-state index is 0.253. The van der Waals surface area contributed by atoms with Gasteiger partial charge in [-0.2, -0.15) is 27.2 Å². The molecular formula is C12H11N5O3S. The molecule has 0 bridgehead atoms. The number of carboxylic acids is 1. The normalized spacial score (nSPS) is 12.8. The second-order valence-electron chi connectivity index (χ2n) is 4.42. The maximum absolute atomic E-state index is 12.5. The van der Waals surface area contributed by atoms with Crippen molar-refractivity contribution in [3.63, 3.8) is 0 Å². The topological polar surface area (TPSA) is 102 Å². The van der Waals surface area contributed by atoms with E-state index in [1.165, 1.54) is 27.8 Å². The smallest absolute Gasteiger partial charge is 0.326 e. The molecular weight excluding hydrogens is 294 g/mol. The zero-order valence-electron chi connectivity index (χ0n) is 10.7. The van der Waals surface area contributed by atoms with Gasteiger partial charge in [0.15, 0.2) is 0 Å². The van der Waals surface area contributed by atoms with Crippen LogP contribution in [-0.2, 0) is 4.79 Å². The molecule has 1 N–H and O–H groups in total. The van der Waals surface area contributed by atoms with E-state index < -0.39 is 17.6 Å². The number of carboxylic acid groups (broad SMARTS) is 1. The molecule has 0 aliphatic carbocycles. The molecule has 3 heterocycles. The molecule has 0 spiro atoms. The Labute approximate surface area is 123 Å². The number of hydrogen-bond acceptors (Lipinski definition) is 6. The number of aromatic nitrogens is 5. The molecule has 0 aliphatic rings. The summed E-state index contributed by atoms with van der Waals surface area (Å²) in [7, 11) is 0. The van der Waals surface area contributed by atoms with Gasteiger partial charge in [-0.1, -0.05) is 0 Å². The maximum Gasteiger partial charge on any atom is 0.326 e. The second-order valence-corrected chi connectivity index (χ2v) is 4.87. The second kappa shape index (κ2) is 5.17. The summed E-state index contributed by atoms with van der Waals surface area (Å²) in [5, 5.41) is 13.5. The van der Waals surface area contributed by atoms with E-state index in [4.69, 9.17) is 0 Å². The van der Waals surface area contributed by atoms with Gasteiger partial charge in [0.2, 0.25) is 0 Å². The van der Waals surface area contributed by atoms with Gasteiger partial charge in [-0.05, 0) is 18.2 Å². The van der Waals surface area contributed by atoms with Crippen LogP contribution in [0.5, 0.6) is 0 Å². The number of aliphatic carboxylic acids is 1. The Balaban J connectivity index is 2.27. The summed E-state index contributed by atoms with van der Waals surface area (Å²) in [4.78, 5) is 31.8. The van der Waals surface area contributed by atoms with Crippen molar-refractivity contribution in [2.45, 2.75) is 12.5 Å². The molecule has 3 aromatic heterocycles. The maximum atomic E-state index is 12.5. The van der Waals surface area contributed by atoms with E-state index in [0.717, 1.165) is 0 Å². The van der Waals surface area contributed by atoms with E-state index in [0.29, 0.717) is 22.4 Å². The molecule has 0 aliphatic heterocycles. The number of pyridine rings is 1. The fraction of sp³-hybridized carbons (Fsp3) is 0.250. The molecule has 3 rings (SSSR count). The number of thiol groups is 1. The molecule has 3 aromatic rings. The zero-order valence-corrected chi connectivity index (χ0v) is 11.6. The van der Waals surface area contributed by atoms with Crippen LogP contribution in [0.15, 0.2) is 29.6 Å². The molecule has 8 nitrogen and oxygen atoms in total. The summed E-state index contributed by atoms with van der Waals surface area (Å²) in [6.45, 7) is 0. The molecule has 9 heteroatoms. The first-order chi connectivity index (χ1) is 10.1. The molecule has 1 unspecified atom stereocenters. The molecule has 0 fully saturated rings. The fourth-order valence-corrected chi connectivity index (χ4v) is 2.47. The van der Waals surface area contributed by atoms with Gasteiger partial charge in [0, 0.05) is 12.4 Å². The summed E-state index contributed by atoms with van der Waals surface area (Å²) < 4.78 is 2.63. The molecule has 0 aromatic carbocycles. The first-order valence-electron chi connectivity index (χ1n) is 6.16. The Morgan fingerprint density at radius 2 is 2.24 bits per heavy atom. The lowest BCUT2D eigenvalue weighted by Gasteiger charge is -2.15. The minimum Gasteiger partial charge on any atom is -0.480 e. The van der Waals surface area contributed by atoms with Gasteiger partial charge < -0.3 is 9.67 Å². The molecule has 0 amide bonds. The number of nitrogens with zero attached hydrogens (tertiary/aromatic N) is 5. The van der Waals surface area contributed by atoms with Crippen LogP contribution in [0.25, 0.3) is 16.7 Å². The van der Waals surface area contributed by atoms with Gasteiger partial charge in [0.25, 0.3) is 11.3 Å². The van der Waals surface area contributed by atoms with Crippen LogP contribution < -0.4 is 5.56 Å². The van der Waals surface area contributed by atoms with E-state index in [1.807, 2.05) is 0 Å². The molecule has 1 atom stereocenters. The average Bonchev–Trinajstić information content (AvgIpc) is 2.94. The van der Waals surface area contributed by atoms with Gasteiger partial charge >= 0.3 is 5.97 Å². The van der Waals surface area contributed by atoms with Gasteiger partial charge in [-0.15, -0.1) is 0 Å². The predicted molar refractivity (Wildman–Crippen MR) is 77.7 cm³/mol. The van der Waals surface area contributed by atoms with Crippen LogP contribution in [0.2, 0.25) is 0 Å². The van der Waals surface area contributed by atoms with Crippen molar-refractivity contribution in [3.05, 3.63) is 35.1 Å². The Hall–Kier alpha value is -2.42. The van der Waals surface area contributed by atoms with Crippen molar-refractivity contribution in [1.82, 2.24) is 24.1 Å². The number of hydrogen-bond donors (Lipinski definition) is 2. The van der Waals surface area contributed by atoms with Crippen molar-refractivity contribution in [2.75, 3.05) is 5.75 Å². The van der Waals surface area contributed by atoms with Crippen LogP contribution in [0.4, 0.5) is 0 Å². The largest absolute Gasteiger partial charge is 0.480 e. The first-order valence-corrected chi connectivity index (χ1v) is 6.80. The van der Waals surface area contributed by atoms with E-state index in [2.05, 4.69) is 27.7 Å². The Kier molecular flexibility index (Phi) is 3.34. The third kappa shape index (κ3) is 2.15. The third-order valence-corrected chi connectivity index (χ3v) is 3.48. The van der Waals surface area contributed by atoms with E-state index in [1.54, 1.807) is 6.07 Å². The highest BCUT2D eigenvalue weighted by atomic mass is 32.1. The third-order valence-electron chi connectivity index (χ3n) is 3.22. The summed E-state index contributed by atoms with van der Waals surface area (Å²) in [6.07, 6.45) is 4.43. The number of rotatable bonds is 4. The van der Waals surface area contributed by atoms with Crippen LogP contribution in [0, 0.1) is 0 Å². The van der Waals surface area contributed by atoms with Crippen molar-refractivity contribution < 1.29 is 9.90 Å².